The SMILES string of the molecule is CCn1cc(S(=O)(=O)N(C)Cc2cccc(SC)c2)cn1. The van der Waals surface area contributed by atoms with Crippen molar-refractivity contribution >= 4 is 21.8 Å². The maximum absolute atomic E-state index is 12.5. The highest BCUT2D eigenvalue weighted by molar-refractivity contribution is 7.98. The summed E-state index contributed by atoms with van der Waals surface area (Å²) in [5.74, 6) is 0. The second kappa shape index (κ2) is 6.64. The third kappa shape index (κ3) is 3.66. The standard InChI is InChI=1S/C14H19N3O2S2/c1-4-17-11-14(9-15-17)21(18,19)16(2)10-12-6-5-7-13(8-12)20-3/h5-9,11H,4,10H2,1-3H3. The fraction of sp³-hybridized carbons (Fsp3) is 0.357. The van der Waals surface area contributed by atoms with E-state index in [1.165, 1.54) is 10.5 Å². The molecule has 0 bridgehead atoms. The van der Waals surface area contributed by atoms with Gasteiger partial charge in [-0.1, -0.05) is 12.1 Å². The Morgan fingerprint density at radius 3 is 2.76 bits per heavy atom. The minimum atomic E-state index is -3.50. The van der Waals surface area contributed by atoms with Crippen LogP contribution in [0.25, 0.3) is 0 Å². The minimum Gasteiger partial charge on any atom is -0.272 e. The molecule has 0 N–H and O–H groups in total. The molecule has 0 unspecified atom stereocenters. The maximum atomic E-state index is 12.5. The molecule has 0 saturated heterocycles. The third-order valence-corrected chi connectivity index (χ3v) is 5.66. The third-order valence-electron chi connectivity index (χ3n) is 3.18. The van der Waals surface area contributed by atoms with E-state index in [-0.39, 0.29) is 4.90 Å². The van der Waals surface area contributed by atoms with E-state index in [9.17, 15) is 8.42 Å². The molecule has 0 atom stereocenters. The van der Waals surface area contributed by atoms with E-state index in [1.54, 1.807) is 29.7 Å². The molecule has 21 heavy (non-hydrogen) atoms. The molecule has 0 aliphatic heterocycles. The largest absolute Gasteiger partial charge is 0.272 e. The molecule has 2 rings (SSSR count). The lowest BCUT2D eigenvalue weighted by Gasteiger charge is -2.16. The van der Waals surface area contributed by atoms with Crippen molar-refractivity contribution in [2.24, 2.45) is 0 Å². The van der Waals surface area contributed by atoms with Crippen molar-refractivity contribution in [1.29, 1.82) is 0 Å². The van der Waals surface area contributed by atoms with Crippen molar-refractivity contribution in [1.82, 2.24) is 14.1 Å². The number of hydrogen-bond donors (Lipinski definition) is 0. The zero-order valence-electron chi connectivity index (χ0n) is 12.4. The number of benzene rings is 1. The van der Waals surface area contributed by atoms with Crippen LogP contribution in [-0.2, 0) is 23.1 Å². The number of rotatable bonds is 6. The first kappa shape index (κ1) is 16.1. The molecule has 0 radical (unpaired) electrons. The Hall–Kier alpha value is -1.31. The Morgan fingerprint density at radius 1 is 1.38 bits per heavy atom. The Labute approximate surface area is 130 Å². The molecule has 0 saturated carbocycles. The number of nitrogens with zero attached hydrogens (tertiary/aromatic N) is 3. The van der Waals surface area contributed by atoms with Crippen LogP contribution in [-0.4, -0.2) is 35.8 Å². The number of thioether (sulfide) groups is 1. The number of aromatic nitrogens is 2. The molecule has 2 aromatic rings. The molecule has 0 spiro atoms. The summed E-state index contributed by atoms with van der Waals surface area (Å²) in [5.41, 5.74) is 0.968. The summed E-state index contributed by atoms with van der Waals surface area (Å²) in [4.78, 5) is 1.35. The van der Waals surface area contributed by atoms with Gasteiger partial charge in [0.05, 0.1) is 6.20 Å². The molecule has 0 aliphatic rings. The minimum absolute atomic E-state index is 0.230. The Kier molecular flexibility index (Phi) is 5.08. The molecular formula is C14H19N3O2S2. The summed E-state index contributed by atoms with van der Waals surface area (Å²) in [6.45, 7) is 2.91. The first-order valence-electron chi connectivity index (χ1n) is 6.59. The van der Waals surface area contributed by atoms with Crippen molar-refractivity contribution in [3.05, 3.63) is 42.2 Å². The molecule has 1 heterocycles. The molecule has 5 nitrogen and oxygen atoms in total. The van der Waals surface area contributed by atoms with Crippen molar-refractivity contribution < 1.29 is 8.42 Å². The second-order valence-electron chi connectivity index (χ2n) is 4.64. The first-order chi connectivity index (χ1) is 9.97. The average molecular weight is 325 g/mol. The first-order valence-corrected chi connectivity index (χ1v) is 9.25. The predicted octanol–water partition coefficient (Wildman–Crippen LogP) is 2.45. The average Bonchev–Trinajstić information content (AvgIpc) is 2.97. The number of hydrogen-bond acceptors (Lipinski definition) is 4. The van der Waals surface area contributed by atoms with Gasteiger partial charge in [-0.05, 0) is 30.9 Å². The lowest BCUT2D eigenvalue weighted by Crippen LogP contribution is -2.26. The molecule has 1 aromatic heterocycles. The molecule has 114 valence electrons. The lowest BCUT2D eigenvalue weighted by molar-refractivity contribution is 0.466. The van der Waals surface area contributed by atoms with Crippen molar-refractivity contribution in [3.63, 3.8) is 0 Å². The molecule has 0 aliphatic carbocycles. The van der Waals surface area contributed by atoms with Crippen LogP contribution in [0.5, 0.6) is 0 Å². The summed E-state index contributed by atoms with van der Waals surface area (Å²) >= 11 is 1.64. The van der Waals surface area contributed by atoms with Gasteiger partial charge in [-0.25, -0.2) is 8.42 Å². The van der Waals surface area contributed by atoms with Gasteiger partial charge in [0.2, 0.25) is 10.0 Å². The van der Waals surface area contributed by atoms with Crippen LogP contribution < -0.4 is 0 Å². The van der Waals surface area contributed by atoms with Gasteiger partial charge in [-0.15, -0.1) is 11.8 Å². The van der Waals surface area contributed by atoms with Gasteiger partial charge in [0.25, 0.3) is 0 Å². The lowest BCUT2D eigenvalue weighted by atomic mass is 10.2. The van der Waals surface area contributed by atoms with Crippen LogP contribution in [0.3, 0.4) is 0 Å². The number of sulfonamides is 1. The van der Waals surface area contributed by atoms with Gasteiger partial charge < -0.3 is 0 Å². The van der Waals surface area contributed by atoms with Gasteiger partial charge in [0.1, 0.15) is 4.90 Å². The van der Waals surface area contributed by atoms with Gasteiger partial charge in [0.15, 0.2) is 0 Å². The van der Waals surface area contributed by atoms with Crippen molar-refractivity contribution in [2.45, 2.75) is 29.8 Å². The van der Waals surface area contributed by atoms with Crippen LogP contribution in [0.4, 0.5) is 0 Å². The summed E-state index contributed by atoms with van der Waals surface area (Å²) in [7, 11) is -1.92. The van der Waals surface area contributed by atoms with E-state index in [4.69, 9.17) is 0 Å². The van der Waals surface area contributed by atoms with E-state index in [0.717, 1.165) is 10.5 Å². The van der Waals surface area contributed by atoms with E-state index in [0.29, 0.717) is 13.1 Å². The van der Waals surface area contributed by atoms with Crippen molar-refractivity contribution in [3.8, 4) is 0 Å². The quantitative estimate of drug-likeness (QED) is 0.766. The molecular weight excluding hydrogens is 306 g/mol. The highest BCUT2D eigenvalue weighted by atomic mass is 32.2. The fourth-order valence-electron chi connectivity index (χ4n) is 1.94. The zero-order chi connectivity index (χ0) is 15.5. The van der Waals surface area contributed by atoms with E-state index in [2.05, 4.69) is 5.10 Å². The smallest absolute Gasteiger partial charge is 0.246 e. The maximum Gasteiger partial charge on any atom is 0.246 e. The van der Waals surface area contributed by atoms with Gasteiger partial charge in [-0.3, -0.25) is 4.68 Å². The van der Waals surface area contributed by atoms with Crippen LogP contribution >= 0.6 is 11.8 Å². The highest BCUT2D eigenvalue weighted by Gasteiger charge is 2.22. The van der Waals surface area contributed by atoms with E-state index in [1.807, 2.05) is 37.4 Å². The summed E-state index contributed by atoms with van der Waals surface area (Å²) in [6, 6.07) is 7.89. The van der Waals surface area contributed by atoms with Crippen LogP contribution in [0.15, 0.2) is 46.5 Å². The monoisotopic (exact) mass is 325 g/mol. The van der Waals surface area contributed by atoms with E-state index < -0.39 is 10.0 Å². The normalized spacial score (nSPS) is 12.0. The predicted molar refractivity (Wildman–Crippen MR) is 84.8 cm³/mol. The summed E-state index contributed by atoms with van der Waals surface area (Å²) < 4.78 is 27.9. The Bertz CT molecular complexity index is 711. The topological polar surface area (TPSA) is 55.2 Å². The molecule has 7 heteroatoms. The Balaban J connectivity index is 2.19. The number of aryl methyl sites for hydroxylation is 1. The van der Waals surface area contributed by atoms with Gasteiger partial charge >= 0.3 is 0 Å². The fourth-order valence-corrected chi connectivity index (χ4v) is 3.54. The molecule has 0 amide bonds. The summed E-state index contributed by atoms with van der Waals surface area (Å²) in [6.07, 6.45) is 4.95. The molecule has 1 aromatic carbocycles. The van der Waals surface area contributed by atoms with Crippen LogP contribution in [0.1, 0.15) is 12.5 Å². The van der Waals surface area contributed by atoms with Gasteiger partial charge in [-0.2, -0.15) is 9.40 Å². The van der Waals surface area contributed by atoms with E-state index >= 15 is 0 Å². The summed E-state index contributed by atoms with van der Waals surface area (Å²) in [5, 5.41) is 4.03. The zero-order valence-corrected chi connectivity index (χ0v) is 14.0. The highest BCUT2D eigenvalue weighted by Crippen LogP contribution is 2.19. The molecule has 0 fully saturated rings. The Morgan fingerprint density at radius 2 is 2.14 bits per heavy atom. The van der Waals surface area contributed by atoms with Crippen LogP contribution in [0, 0.1) is 0 Å². The van der Waals surface area contributed by atoms with Gasteiger partial charge in [0, 0.05) is 31.2 Å². The van der Waals surface area contributed by atoms with Crippen molar-refractivity contribution in [2.75, 3.05) is 13.3 Å². The second-order valence-corrected chi connectivity index (χ2v) is 7.57. The van der Waals surface area contributed by atoms with Crippen LogP contribution in [0.2, 0.25) is 0 Å².